The maximum atomic E-state index is 14.9. The predicted octanol–water partition coefficient (Wildman–Crippen LogP) is 4.50. The van der Waals surface area contributed by atoms with Crippen LogP contribution in [0.4, 0.5) is 0 Å². The van der Waals surface area contributed by atoms with E-state index < -0.39 is 15.6 Å². The topological polar surface area (TPSA) is 136 Å². The lowest BCUT2D eigenvalue weighted by Gasteiger charge is -2.28. The zero-order valence-corrected chi connectivity index (χ0v) is 27.7. The lowest BCUT2D eigenvalue weighted by molar-refractivity contribution is -0.132. The number of ketones is 1. The number of allylic oxidation sites excluding steroid dienone is 1. The summed E-state index contributed by atoms with van der Waals surface area (Å²) >= 11 is 0. The van der Waals surface area contributed by atoms with Crippen molar-refractivity contribution in [3.8, 4) is 6.07 Å². The molecular formula is C39H32N6O4S. The first kappa shape index (κ1) is 31.6. The standard InChI is InChI=1S/C39H32N6O4S/c40-23-28-5-7-30(8-6-28)35(46)20-36-43-39(21-26-11-15-41-16-12-26,22-27-13-17-42-18-14-27)38(47)45(36)37-33-24-44(25-34(33)37)50(48,49)32-10-9-29-3-1-2-4-31(29)19-32/h1-20,33-34,37,43H,21-22,24-25H2/b36-20+/t33-,34+,37+. The summed E-state index contributed by atoms with van der Waals surface area (Å²) in [5.74, 6) is -0.294. The number of aromatic nitrogens is 2. The molecule has 3 atom stereocenters. The fourth-order valence-corrected chi connectivity index (χ4v) is 9.08. The lowest BCUT2D eigenvalue weighted by Crippen LogP contribution is -2.51. The minimum atomic E-state index is -3.76. The first-order chi connectivity index (χ1) is 24.3. The van der Waals surface area contributed by atoms with Crippen LogP contribution in [0, 0.1) is 23.2 Å². The number of carbonyl (C=O) groups is 2. The van der Waals surface area contributed by atoms with Gasteiger partial charge in [-0.25, -0.2) is 8.42 Å². The molecule has 1 aliphatic carbocycles. The summed E-state index contributed by atoms with van der Waals surface area (Å²) in [6, 6.07) is 28.5. The van der Waals surface area contributed by atoms with Gasteiger partial charge in [-0.1, -0.05) is 30.3 Å². The maximum Gasteiger partial charge on any atom is 0.254 e. The van der Waals surface area contributed by atoms with Crippen molar-refractivity contribution in [3.05, 3.63) is 150 Å². The number of rotatable bonds is 9. The highest BCUT2D eigenvalue weighted by Crippen LogP contribution is 2.53. The molecular weight excluding hydrogens is 649 g/mol. The van der Waals surface area contributed by atoms with E-state index >= 15 is 0 Å². The third-order valence-electron chi connectivity index (χ3n) is 10.1. The molecule has 4 heterocycles. The van der Waals surface area contributed by atoms with Crippen LogP contribution in [0.1, 0.15) is 27.0 Å². The highest BCUT2D eigenvalue weighted by atomic mass is 32.2. The summed E-state index contributed by atoms with van der Waals surface area (Å²) < 4.78 is 29.1. The average Bonchev–Trinajstić information content (AvgIpc) is 3.47. The van der Waals surface area contributed by atoms with Crippen molar-refractivity contribution in [2.45, 2.75) is 29.3 Å². The average molecular weight is 681 g/mol. The van der Waals surface area contributed by atoms with E-state index in [0.29, 0.717) is 29.8 Å². The molecule has 10 nitrogen and oxygen atoms in total. The highest BCUT2D eigenvalue weighted by molar-refractivity contribution is 7.89. The van der Waals surface area contributed by atoms with Crippen molar-refractivity contribution in [1.82, 2.24) is 24.5 Å². The summed E-state index contributed by atoms with van der Waals surface area (Å²) in [4.78, 5) is 38.8. The summed E-state index contributed by atoms with van der Waals surface area (Å²) in [6.45, 7) is 0.541. The molecule has 2 saturated heterocycles. The molecule has 0 radical (unpaired) electrons. The Morgan fingerprint density at radius 1 is 0.860 bits per heavy atom. The molecule has 2 aromatic heterocycles. The number of carbonyl (C=O) groups excluding carboxylic acids is 2. The van der Waals surface area contributed by atoms with Crippen LogP contribution in [0.15, 0.2) is 133 Å². The van der Waals surface area contributed by atoms with Crippen LogP contribution >= 0.6 is 0 Å². The van der Waals surface area contributed by atoms with E-state index in [0.717, 1.165) is 21.9 Å². The van der Waals surface area contributed by atoms with Gasteiger partial charge < -0.3 is 5.32 Å². The van der Waals surface area contributed by atoms with Crippen molar-refractivity contribution >= 4 is 32.5 Å². The minimum absolute atomic E-state index is 0.0953. The van der Waals surface area contributed by atoms with Crippen LogP contribution < -0.4 is 5.32 Å². The van der Waals surface area contributed by atoms with Crippen LogP contribution in [0.5, 0.6) is 0 Å². The maximum absolute atomic E-state index is 14.9. The summed E-state index contributed by atoms with van der Waals surface area (Å²) in [7, 11) is -3.76. The van der Waals surface area contributed by atoms with Crippen molar-refractivity contribution in [1.29, 1.82) is 5.26 Å². The SMILES string of the molecule is N#Cc1ccc(C(=O)/C=C2\NC(Cc3ccncc3)(Cc3ccncc3)C(=O)N2[C@H]2[C@@H]3CN(S(=O)(=O)c4ccc5ccccc5c4)C[C@@H]32)cc1. The molecule has 3 fully saturated rings. The number of hydrogen-bond acceptors (Lipinski definition) is 8. The van der Waals surface area contributed by atoms with E-state index in [1.54, 1.807) is 66.1 Å². The summed E-state index contributed by atoms with van der Waals surface area (Å²) in [5.41, 5.74) is 1.49. The molecule has 0 spiro atoms. The molecule has 0 unspecified atom stereocenters. The monoisotopic (exact) mass is 680 g/mol. The molecule has 248 valence electrons. The second kappa shape index (κ2) is 12.3. The van der Waals surface area contributed by atoms with E-state index in [1.807, 2.05) is 54.6 Å². The van der Waals surface area contributed by atoms with Crippen LogP contribution in [0.2, 0.25) is 0 Å². The van der Waals surface area contributed by atoms with Crippen LogP contribution in [0.3, 0.4) is 0 Å². The molecule has 5 aromatic rings. The van der Waals surface area contributed by atoms with Gasteiger partial charge in [-0.2, -0.15) is 9.57 Å². The normalized spacial score (nSPS) is 21.9. The fraction of sp³-hybridized carbons (Fsp3) is 0.205. The number of nitrogens with zero attached hydrogens (tertiary/aromatic N) is 5. The Morgan fingerprint density at radius 3 is 2.06 bits per heavy atom. The zero-order chi connectivity index (χ0) is 34.5. The van der Waals surface area contributed by atoms with E-state index in [2.05, 4.69) is 21.4 Å². The first-order valence-corrected chi connectivity index (χ1v) is 17.8. The van der Waals surface area contributed by atoms with E-state index in [-0.39, 0.29) is 47.6 Å². The van der Waals surface area contributed by atoms with Gasteiger partial charge >= 0.3 is 0 Å². The Balaban J connectivity index is 1.12. The molecule has 1 N–H and O–H groups in total. The van der Waals surface area contributed by atoms with Crippen molar-refractivity contribution in [2.75, 3.05) is 13.1 Å². The predicted molar refractivity (Wildman–Crippen MR) is 186 cm³/mol. The van der Waals surface area contributed by atoms with Crippen molar-refractivity contribution in [2.24, 2.45) is 11.8 Å². The number of nitriles is 1. The molecule has 3 aromatic carbocycles. The first-order valence-electron chi connectivity index (χ1n) is 16.4. The minimum Gasteiger partial charge on any atom is -0.357 e. The second-order valence-electron chi connectivity index (χ2n) is 13.2. The highest BCUT2D eigenvalue weighted by Gasteiger charge is 2.65. The summed E-state index contributed by atoms with van der Waals surface area (Å²) in [6.07, 6.45) is 8.88. The molecule has 8 rings (SSSR count). The number of pyridine rings is 2. The largest absolute Gasteiger partial charge is 0.357 e. The lowest BCUT2D eigenvalue weighted by atomic mass is 9.85. The van der Waals surface area contributed by atoms with E-state index in [9.17, 15) is 23.3 Å². The molecule has 3 aliphatic rings. The number of amides is 1. The number of sulfonamides is 1. The van der Waals surface area contributed by atoms with Gasteiger partial charge in [0.15, 0.2) is 5.78 Å². The third-order valence-corrected chi connectivity index (χ3v) is 11.9. The van der Waals surface area contributed by atoms with Gasteiger partial charge in [0.05, 0.1) is 16.5 Å². The van der Waals surface area contributed by atoms with Gasteiger partial charge in [0.2, 0.25) is 10.0 Å². The van der Waals surface area contributed by atoms with Gasteiger partial charge in [-0.3, -0.25) is 24.5 Å². The Morgan fingerprint density at radius 2 is 1.46 bits per heavy atom. The van der Waals surface area contributed by atoms with Gasteiger partial charge in [-0.05, 0) is 82.6 Å². The van der Waals surface area contributed by atoms with Gasteiger partial charge in [0.1, 0.15) is 11.4 Å². The zero-order valence-electron chi connectivity index (χ0n) is 26.9. The Kier molecular flexibility index (Phi) is 7.78. The Bertz CT molecular complexity index is 2250. The van der Waals surface area contributed by atoms with E-state index in [1.165, 1.54) is 10.4 Å². The summed E-state index contributed by atoms with van der Waals surface area (Å²) in [5, 5.41) is 14.6. The van der Waals surface area contributed by atoms with Gasteiger partial charge in [0.25, 0.3) is 5.91 Å². The Hall–Kier alpha value is -5.70. The number of piperidine rings is 1. The van der Waals surface area contributed by atoms with E-state index in [4.69, 9.17) is 0 Å². The molecule has 2 aliphatic heterocycles. The van der Waals surface area contributed by atoms with Crippen LogP contribution in [-0.4, -0.2) is 64.0 Å². The third kappa shape index (κ3) is 5.62. The number of fused-ring (bicyclic) bond motifs is 2. The molecule has 11 heteroatoms. The van der Waals surface area contributed by atoms with Gasteiger partial charge in [0, 0.05) is 80.2 Å². The quantitative estimate of drug-likeness (QED) is 0.178. The molecule has 1 saturated carbocycles. The number of nitrogens with one attached hydrogen (secondary N) is 1. The Labute approximate surface area is 289 Å². The van der Waals surface area contributed by atoms with Crippen LogP contribution in [-0.2, 0) is 27.7 Å². The van der Waals surface area contributed by atoms with Crippen LogP contribution in [0.25, 0.3) is 10.8 Å². The number of benzene rings is 3. The second-order valence-corrected chi connectivity index (χ2v) is 15.1. The van der Waals surface area contributed by atoms with Crippen molar-refractivity contribution in [3.63, 3.8) is 0 Å². The molecule has 50 heavy (non-hydrogen) atoms. The molecule has 0 bridgehead atoms. The van der Waals surface area contributed by atoms with Gasteiger partial charge in [-0.15, -0.1) is 0 Å². The van der Waals surface area contributed by atoms with Crippen molar-refractivity contribution < 1.29 is 18.0 Å². The molecule has 1 amide bonds. The number of hydrogen-bond donors (Lipinski definition) is 1. The fourth-order valence-electron chi connectivity index (χ4n) is 7.53. The smallest absolute Gasteiger partial charge is 0.254 e.